The third-order valence-electron chi connectivity index (χ3n) is 7.73. The molecule has 206 valence electrons. The lowest BCUT2D eigenvalue weighted by molar-refractivity contribution is -0.118. The van der Waals surface area contributed by atoms with Gasteiger partial charge in [0.1, 0.15) is 5.75 Å². The number of hydrogen-bond donors (Lipinski definition) is 2. The number of hydrogen-bond acceptors (Lipinski definition) is 4. The zero-order valence-corrected chi connectivity index (χ0v) is 22.1. The molecule has 1 atom stereocenters. The van der Waals surface area contributed by atoms with Crippen molar-refractivity contribution in [2.45, 2.75) is 57.5 Å². The number of halogens is 3. The molecule has 0 radical (unpaired) electrons. The van der Waals surface area contributed by atoms with Gasteiger partial charge in [0, 0.05) is 24.4 Å². The first-order valence-electron chi connectivity index (χ1n) is 13.6. The van der Waals surface area contributed by atoms with Crippen molar-refractivity contribution >= 4 is 11.6 Å². The van der Waals surface area contributed by atoms with E-state index >= 15 is 0 Å². The summed E-state index contributed by atoms with van der Waals surface area (Å²) in [7, 11) is 0. The van der Waals surface area contributed by atoms with Crippen LogP contribution in [0.15, 0.2) is 54.6 Å². The molecule has 0 bridgehead atoms. The lowest BCUT2D eigenvalue weighted by Gasteiger charge is -2.33. The van der Waals surface area contributed by atoms with Gasteiger partial charge in [0.05, 0.1) is 6.04 Å². The van der Waals surface area contributed by atoms with Gasteiger partial charge < -0.3 is 15.4 Å². The van der Waals surface area contributed by atoms with Crippen LogP contribution in [0.5, 0.6) is 11.5 Å². The number of likely N-dealkylation sites (tertiary alicyclic amines) is 1. The molecule has 1 amide bonds. The van der Waals surface area contributed by atoms with Crippen LogP contribution < -0.4 is 15.4 Å². The lowest BCUT2D eigenvalue weighted by atomic mass is 9.86. The normalized spacial score (nSPS) is 18.6. The zero-order valence-electron chi connectivity index (χ0n) is 22.1. The molecule has 1 unspecified atom stereocenters. The summed E-state index contributed by atoms with van der Waals surface area (Å²) in [5.74, 6) is -2.88. The van der Waals surface area contributed by atoms with Gasteiger partial charge in [-0.25, -0.2) is 13.2 Å². The van der Waals surface area contributed by atoms with Gasteiger partial charge in [-0.15, -0.1) is 0 Å². The van der Waals surface area contributed by atoms with Crippen LogP contribution in [0.3, 0.4) is 0 Å². The fourth-order valence-electron chi connectivity index (χ4n) is 5.50. The SMILES string of the molecule is Cc1ccc(NC(=O)C2CCCCN2)cc1C1CCN(Cc2ccc(Oc3cc(F)c(F)cc3F)cc2)CC1. The van der Waals surface area contributed by atoms with E-state index in [1.165, 1.54) is 11.1 Å². The minimum Gasteiger partial charge on any atom is -0.454 e. The Labute approximate surface area is 227 Å². The highest BCUT2D eigenvalue weighted by Gasteiger charge is 2.24. The van der Waals surface area contributed by atoms with E-state index in [-0.39, 0.29) is 17.7 Å². The van der Waals surface area contributed by atoms with Gasteiger partial charge in [-0.3, -0.25) is 9.69 Å². The average Bonchev–Trinajstić information content (AvgIpc) is 2.95. The largest absolute Gasteiger partial charge is 0.454 e. The van der Waals surface area contributed by atoms with Gasteiger partial charge >= 0.3 is 0 Å². The van der Waals surface area contributed by atoms with Crippen molar-refractivity contribution in [1.82, 2.24) is 10.2 Å². The number of carbonyl (C=O) groups excluding carboxylic acids is 1. The second-order valence-electron chi connectivity index (χ2n) is 10.6. The van der Waals surface area contributed by atoms with Gasteiger partial charge in [0.15, 0.2) is 23.2 Å². The predicted molar refractivity (Wildman–Crippen MR) is 146 cm³/mol. The Kier molecular flexibility index (Phi) is 8.53. The van der Waals surface area contributed by atoms with Crippen molar-refractivity contribution in [2.75, 3.05) is 25.0 Å². The van der Waals surface area contributed by atoms with Crippen molar-refractivity contribution in [3.05, 3.63) is 88.7 Å². The van der Waals surface area contributed by atoms with E-state index in [9.17, 15) is 18.0 Å². The second kappa shape index (κ2) is 12.2. The van der Waals surface area contributed by atoms with E-state index in [2.05, 4.69) is 34.6 Å². The second-order valence-corrected chi connectivity index (χ2v) is 10.6. The van der Waals surface area contributed by atoms with Gasteiger partial charge in [-0.2, -0.15) is 0 Å². The molecule has 39 heavy (non-hydrogen) atoms. The Balaban J connectivity index is 1.14. The standard InChI is InChI=1S/C31H34F3N3O2/c1-20-5-8-23(36-31(38)29-4-2-3-13-35-29)16-25(20)22-11-14-37(15-12-22)19-21-6-9-24(10-7-21)39-30-18-27(33)26(32)17-28(30)34/h5-10,16-18,22,29,35H,2-4,11-15,19H2,1H3,(H,36,38). The quantitative estimate of drug-likeness (QED) is 0.331. The highest BCUT2D eigenvalue weighted by atomic mass is 19.2. The maximum Gasteiger partial charge on any atom is 0.241 e. The molecule has 2 saturated heterocycles. The van der Waals surface area contributed by atoms with Crippen molar-refractivity contribution in [3.8, 4) is 11.5 Å². The summed E-state index contributed by atoms with van der Waals surface area (Å²) in [6.07, 6.45) is 5.14. The van der Waals surface area contributed by atoms with E-state index in [1.807, 2.05) is 18.2 Å². The van der Waals surface area contributed by atoms with Crippen molar-refractivity contribution in [1.29, 1.82) is 0 Å². The number of nitrogens with zero attached hydrogens (tertiary/aromatic N) is 1. The summed E-state index contributed by atoms with van der Waals surface area (Å²) in [4.78, 5) is 15.1. The van der Waals surface area contributed by atoms with Crippen LogP contribution in [0, 0.1) is 24.4 Å². The number of amides is 1. The fourth-order valence-corrected chi connectivity index (χ4v) is 5.50. The van der Waals surface area contributed by atoms with Crippen molar-refractivity contribution in [3.63, 3.8) is 0 Å². The third kappa shape index (κ3) is 6.81. The maximum atomic E-state index is 13.9. The third-order valence-corrected chi connectivity index (χ3v) is 7.73. The number of rotatable bonds is 7. The number of carbonyl (C=O) groups is 1. The molecule has 2 N–H and O–H groups in total. The Morgan fingerprint density at radius 3 is 2.41 bits per heavy atom. The highest BCUT2D eigenvalue weighted by Crippen LogP contribution is 2.33. The molecular weight excluding hydrogens is 503 g/mol. The van der Waals surface area contributed by atoms with Gasteiger partial charge in [-0.1, -0.05) is 24.6 Å². The number of nitrogens with one attached hydrogen (secondary N) is 2. The average molecular weight is 538 g/mol. The molecule has 0 aliphatic carbocycles. The Bertz CT molecular complexity index is 1300. The van der Waals surface area contributed by atoms with Gasteiger partial charge in [0.2, 0.25) is 5.91 Å². The molecule has 3 aromatic rings. The van der Waals surface area contributed by atoms with Crippen LogP contribution in [0.25, 0.3) is 0 Å². The van der Waals surface area contributed by atoms with Crippen LogP contribution >= 0.6 is 0 Å². The number of anilines is 1. The number of benzene rings is 3. The van der Waals surface area contributed by atoms with E-state index in [0.29, 0.717) is 23.8 Å². The molecular formula is C31H34F3N3O2. The van der Waals surface area contributed by atoms with Crippen LogP contribution in [-0.4, -0.2) is 36.5 Å². The monoisotopic (exact) mass is 537 g/mol. The topological polar surface area (TPSA) is 53.6 Å². The van der Waals surface area contributed by atoms with Crippen molar-refractivity contribution in [2.24, 2.45) is 0 Å². The Morgan fingerprint density at radius 1 is 0.949 bits per heavy atom. The number of piperidine rings is 2. The van der Waals surface area contributed by atoms with Crippen LogP contribution in [0.1, 0.15) is 54.7 Å². The first-order chi connectivity index (χ1) is 18.9. The molecule has 0 spiro atoms. The number of aryl methyl sites for hydroxylation is 1. The summed E-state index contributed by atoms with van der Waals surface area (Å²) in [5, 5.41) is 6.42. The first kappa shape index (κ1) is 27.2. The maximum absolute atomic E-state index is 13.9. The molecule has 3 aromatic carbocycles. The highest BCUT2D eigenvalue weighted by molar-refractivity contribution is 5.95. The van der Waals surface area contributed by atoms with Gasteiger partial charge in [0.25, 0.3) is 0 Å². The van der Waals surface area contributed by atoms with E-state index in [4.69, 9.17) is 4.74 Å². The molecule has 5 nitrogen and oxygen atoms in total. The van der Waals surface area contributed by atoms with Gasteiger partial charge in [-0.05, 0) is 99.1 Å². The van der Waals surface area contributed by atoms with Crippen LogP contribution in [0.2, 0.25) is 0 Å². The lowest BCUT2D eigenvalue weighted by Crippen LogP contribution is -2.43. The van der Waals surface area contributed by atoms with Crippen molar-refractivity contribution < 1.29 is 22.7 Å². The van der Waals surface area contributed by atoms with E-state index in [0.717, 1.165) is 69.5 Å². The Morgan fingerprint density at radius 2 is 1.69 bits per heavy atom. The molecule has 2 aliphatic rings. The zero-order chi connectivity index (χ0) is 27.4. The fraction of sp³-hybridized carbons (Fsp3) is 0.387. The summed E-state index contributed by atoms with van der Waals surface area (Å²) in [5.41, 5.74) is 4.50. The van der Waals surface area contributed by atoms with E-state index < -0.39 is 17.5 Å². The van der Waals surface area contributed by atoms with E-state index in [1.54, 1.807) is 12.1 Å². The summed E-state index contributed by atoms with van der Waals surface area (Å²) in [6, 6.07) is 14.5. The molecule has 2 heterocycles. The molecule has 5 rings (SSSR count). The molecule has 2 aliphatic heterocycles. The first-order valence-corrected chi connectivity index (χ1v) is 13.6. The van der Waals surface area contributed by atoms with Crippen LogP contribution in [-0.2, 0) is 11.3 Å². The minimum atomic E-state index is -1.25. The van der Waals surface area contributed by atoms with Crippen LogP contribution in [0.4, 0.5) is 18.9 Å². The summed E-state index contributed by atoms with van der Waals surface area (Å²) >= 11 is 0. The smallest absolute Gasteiger partial charge is 0.241 e. The predicted octanol–water partition coefficient (Wildman–Crippen LogP) is 6.66. The molecule has 2 fully saturated rings. The summed E-state index contributed by atoms with van der Waals surface area (Å²) in [6.45, 7) is 5.70. The summed E-state index contributed by atoms with van der Waals surface area (Å²) < 4.78 is 45.9. The number of ether oxygens (including phenoxy) is 1. The molecule has 0 aromatic heterocycles. The molecule has 8 heteroatoms. The Hall–Kier alpha value is -3.36. The molecule has 0 saturated carbocycles. The minimum absolute atomic E-state index is 0.0469.